The maximum absolute atomic E-state index is 4.14. The molecule has 0 radical (unpaired) electrons. The van der Waals surface area contributed by atoms with Gasteiger partial charge < -0.3 is 0 Å². The van der Waals surface area contributed by atoms with E-state index in [4.69, 9.17) is 0 Å². The molecule has 1 rings (SSSR count). The average molecular weight is 147 g/mol. The van der Waals surface area contributed by atoms with Gasteiger partial charge in [-0.3, -0.25) is 4.99 Å². The highest BCUT2D eigenvalue weighted by Gasteiger charge is 1.97. The summed E-state index contributed by atoms with van der Waals surface area (Å²) >= 11 is 0. The van der Waals surface area contributed by atoms with Crippen molar-refractivity contribution in [2.24, 2.45) is 4.99 Å². The van der Waals surface area contributed by atoms with Gasteiger partial charge in [0.15, 0.2) is 0 Å². The average Bonchev–Trinajstić information content (AvgIpc) is 2.04. The lowest BCUT2D eigenvalue weighted by molar-refractivity contribution is 1.37. The largest absolute Gasteiger partial charge is 0.293 e. The molecule has 0 amide bonds. The van der Waals surface area contributed by atoms with Gasteiger partial charge in [-0.05, 0) is 25.0 Å². The third-order valence-electron chi connectivity index (χ3n) is 1.87. The van der Waals surface area contributed by atoms with Crippen molar-refractivity contribution in [3.05, 3.63) is 35.4 Å². The smallest absolute Gasteiger partial charge is 0.0388 e. The van der Waals surface area contributed by atoms with Crippen molar-refractivity contribution in [2.45, 2.75) is 13.8 Å². The second-order valence-corrected chi connectivity index (χ2v) is 2.62. The molecule has 0 heterocycles. The van der Waals surface area contributed by atoms with E-state index in [9.17, 15) is 0 Å². The fourth-order valence-electron chi connectivity index (χ4n) is 1.10. The minimum absolute atomic E-state index is 1.10. The molecule has 1 aromatic carbocycles. The van der Waals surface area contributed by atoms with Gasteiger partial charge in [0.05, 0.1) is 0 Å². The van der Waals surface area contributed by atoms with E-state index in [1.165, 1.54) is 11.1 Å². The number of nitrogens with zero attached hydrogens (tertiary/aromatic N) is 1. The predicted octanol–water partition coefficient (Wildman–Crippen LogP) is 2.43. The minimum Gasteiger partial charge on any atom is -0.293 e. The van der Waals surface area contributed by atoms with Gasteiger partial charge in [0.2, 0.25) is 0 Å². The highest BCUT2D eigenvalue weighted by Crippen LogP contribution is 2.07. The maximum atomic E-state index is 4.14. The predicted molar refractivity (Wildman–Crippen MR) is 49.3 cm³/mol. The second kappa shape index (κ2) is 3.33. The lowest BCUT2D eigenvalue weighted by Crippen LogP contribution is -1.96. The van der Waals surface area contributed by atoms with Crippen LogP contribution in [0.4, 0.5) is 0 Å². The van der Waals surface area contributed by atoms with E-state index in [0.717, 1.165) is 5.71 Å². The summed E-state index contributed by atoms with van der Waals surface area (Å²) in [7, 11) is 1.82. The van der Waals surface area contributed by atoms with E-state index in [1.807, 2.05) is 26.1 Å². The first-order valence-electron chi connectivity index (χ1n) is 3.75. The molecule has 0 unspecified atom stereocenters. The SMILES string of the molecule is C/N=C(\C)c1ccccc1C. The van der Waals surface area contributed by atoms with E-state index in [2.05, 4.69) is 24.0 Å². The molecule has 0 fully saturated rings. The van der Waals surface area contributed by atoms with Crippen molar-refractivity contribution < 1.29 is 0 Å². The topological polar surface area (TPSA) is 12.4 Å². The molecule has 58 valence electrons. The van der Waals surface area contributed by atoms with Crippen molar-refractivity contribution in [1.82, 2.24) is 0 Å². The zero-order valence-corrected chi connectivity index (χ0v) is 7.26. The third kappa shape index (κ3) is 1.67. The molecule has 1 nitrogen and oxygen atoms in total. The van der Waals surface area contributed by atoms with Crippen LogP contribution in [0.3, 0.4) is 0 Å². The number of rotatable bonds is 1. The normalized spacial score (nSPS) is 11.7. The lowest BCUT2D eigenvalue weighted by Gasteiger charge is -2.02. The minimum atomic E-state index is 1.10. The highest BCUT2D eigenvalue weighted by atomic mass is 14.7. The third-order valence-corrected chi connectivity index (χ3v) is 1.87. The summed E-state index contributed by atoms with van der Waals surface area (Å²) in [4.78, 5) is 4.14. The fourth-order valence-corrected chi connectivity index (χ4v) is 1.10. The number of aliphatic imine (C=N–C) groups is 1. The Morgan fingerprint density at radius 3 is 2.45 bits per heavy atom. The van der Waals surface area contributed by atoms with Gasteiger partial charge in [-0.1, -0.05) is 24.3 Å². The number of benzene rings is 1. The maximum Gasteiger partial charge on any atom is 0.0388 e. The number of hydrogen-bond acceptors (Lipinski definition) is 1. The molecule has 0 aromatic heterocycles. The van der Waals surface area contributed by atoms with Crippen LogP contribution in [0.1, 0.15) is 18.1 Å². The molecule has 0 N–H and O–H groups in total. The van der Waals surface area contributed by atoms with Crippen LogP contribution in [0.15, 0.2) is 29.3 Å². The van der Waals surface area contributed by atoms with E-state index in [-0.39, 0.29) is 0 Å². The van der Waals surface area contributed by atoms with Crippen molar-refractivity contribution >= 4 is 5.71 Å². The van der Waals surface area contributed by atoms with Gasteiger partial charge in [0, 0.05) is 12.8 Å². The molecule has 1 heteroatoms. The molecule has 11 heavy (non-hydrogen) atoms. The van der Waals surface area contributed by atoms with E-state index in [0.29, 0.717) is 0 Å². The van der Waals surface area contributed by atoms with Crippen LogP contribution in [0, 0.1) is 6.92 Å². The molecule has 0 atom stereocenters. The summed E-state index contributed by atoms with van der Waals surface area (Å²) in [6.45, 7) is 4.13. The first kappa shape index (κ1) is 7.99. The molecule has 0 aliphatic rings. The Balaban J connectivity index is 3.14. The summed E-state index contributed by atoms with van der Waals surface area (Å²) < 4.78 is 0. The summed E-state index contributed by atoms with van der Waals surface area (Å²) in [5, 5.41) is 0. The zero-order chi connectivity index (χ0) is 8.27. The molecule has 0 aliphatic heterocycles. The van der Waals surface area contributed by atoms with E-state index >= 15 is 0 Å². The van der Waals surface area contributed by atoms with Gasteiger partial charge in [-0.25, -0.2) is 0 Å². The van der Waals surface area contributed by atoms with Crippen molar-refractivity contribution in [1.29, 1.82) is 0 Å². The summed E-state index contributed by atoms with van der Waals surface area (Å²) in [5.41, 5.74) is 3.63. The van der Waals surface area contributed by atoms with E-state index < -0.39 is 0 Å². The quantitative estimate of drug-likeness (QED) is 0.541. The molecule has 0 aliphatic carbocycles. The second-order valence-electron chi connectivity index (χ2n) is 2.62. The lowest BCUT2D eigenvalue weighted by atomic mass is 10.1. The van der Waals surface area contributed by atoms with Gasteiger partial charge in [-0.2, -0.15) is 0 Å². The molecule has 0 saturated heterocycles. The van der Waals surface area contributed by atoms with Crippen LogP contribution in [0.2, 0.25) is 0 Å². The highest BCUT2D eigenvalue weighted by molar-refractivity contribution is 5.99. The zero-order valence-electron chi connectivity index (χ0n) is 7.26. The Labute approximate surface area is 67.8 Å². The van der Waals surface area contributed by atoms with Crippen LogP contribution < -0.4 is 0 Å². The van der Waals surface area contributed by atoms with Crippen LogP contribution in [0.25, 0.3) is 0 Å². The van der Waals surface area contributed by atoms with Crippen molar-refractivity contribution in [3.8, 4) is 0 Å². The Bertz CT molecular complexity index is 274. The number of hydrogen-bond donors (Lipinski definition) is 0. The van der Waals surface area contributed by atoms with Crippen LogP contribution in [-0.2, 0) is 0 Å². The Hall–Kier alpha value is -1.11. The Kier molecular flexibility index (Phi) is 2.42. The molecule has 1 aromatic rings. The molecule has 0 saturated carbocycles. The van der Waals surface area contributed by atoms with E-state index in [1.54, 1.807) is 0 Å². The Morgan fingerprint density at radius 1 is 1.27 bits per heavy atom. The summed E-state index contributed by atoms with van der Waals surface area (Å²) in [6, 6.07) is 8.28. The van der Waals surface area contributed by atoms with Crippen LogP contribution in [0.5, 0.6) is 0 Å². The van der Waals surface area contributed by atoms with Gasteiger partial charge in [-0.15, -0.1) is 0 Å². The number of aryl methyl sites for hydroxylation is 1. The first-order chi connectivity index (χ1) is 5.25. The monoisotopic (exact) mass is 147 g/mol. The summed E-state index contributed by atoms with van der Waals surface area (Å²) in [6.07, 6.45) is 0. The molecular formula is C10H13N. The Morgan fingerprint density at radius 2 is 1.91 bits per heavy atom. The van der Waals surface area contributed by atoms with Gasteiger partial charge >= 0.3 is 0 Å². The fraction of sp³-hybridized carbons (Fsp3) is 0.300. The molecule has 0 bridgehead atoms. The first-order valence-corrected chi connectivity index (χ1v) is 3.75. The van der Waals surface area contributed by atoms with Crippen LogP contribution >= 0.6 is 0 Å². The van der Waals surface area contributed by atoms with Crippen molar-refractivity contribution in [2.75, 3.05) is 7.05 Å². The van der Waals surface area contributed by atoms with Gasteiger partial charge in [0.25, 0.3) is 0 Å². The molecule has 0 spiro atoms. The molecular weight excluding hydrogens is 134 g/mol. The summed E-state index contributed by atoms with van der Waals surface area (Å²) in [5.74, 6) is 0. The van der Waals surface area contributed by atoms with Crippen molar-refractivity contribution in [3.63, 3.8) is 0 Å². The van der Waals surface area contributed by atoms with Crippen LogP contribution in [-0.4, -0.2) is 12.8 Å². The van der Waals surface area contributed by atoms with Gasteiger partial charge in [0.1, 0.15) is 0 Å². The standard InChI is InChI=1S/C10H13N/c1-8-6-4-5-7-10(8)9(2)11-3/h4-7H,1-3H3/b11-9+.